The number of nitrogens with one attached hydrogen (secondary N) is 2. The zero-order valence-electron chi connectivity index (χ0n) is 19.9. The minimum atomic E-state index is -4.49. The third-order valence-electron chi connectivity index (χ3n) is 4.74. The summed E-state index contributed by atoms with van der Waals surface area (Å²) in [5.74, 6) is -2.54. The summed E-state index contributed by atoms with van der Waals surface area (Å²) in [5, 5.41) is 4.11. The molecule has 0 spiro atoms. The van der Waals surface area contributed by atoms with Crippen LogP contribution in [0.2, 0.25) is 15.1 Å². The topological polar surface area (TPSA) is 67.4 Å². The molecule has 2 rings (SSSR count). The normalized spacial score (nSPS) is 13.1. The van der Waals surface area contributed by atoms with Crippen molar-refractivity contribution in [1.29, 1.82) is 0 Å². The molecule has 0 aliphatic carbocycles. The van der Waals surface area contributed by atoms with Gasteiger partial charge < -0.3 is 15.4 Å². The summed E-state index contributed by atoms with van der Waals surface area (Å²) in [5.41, 5.74) is 1.58. The van der Waals surface area contributed by atoms with Crippen LogP contribution in [0.4, 0.5) is 22.0 Å². The number of amides is 2. The fourth-order valence-corrected chi connectivity index (χ4v) is 3.84. The van der Waals surface area contributed by atoms with Crippen molar-refractivity contribution in [1.82, 2.24) is 10.6 Å². The number of benzene rings is 2. The molecule has 2 aromatic carbocycles. The van der Waals surface area contributed by atoms with Gasteiger partial charge >= 0.3 is 6.18 Å². The van der Waals surface area contributed by atoms with Gasteiger partial charge in [0.25, 0.3) is 6.43 Å². The second-order valence-electron chi connectivity index (χ2n) is 7.61. The molecule has 0 heterocycles. The molecule has 2 unspecified atom stereocenters. The van der Waals surface area contributed by atoms with E-state index in [0.717, 1.165) is 16.1 Å². The molecule has 0 aliphatic heterocycles. The molecule has 210 valence electrons. The summed E-state index contributed by atoms with van der Waals surface area (Å²) in [6.07, 6.45) is -4.30. The van der Waals surface area contributed by atoms with E-state index < -0.39 is 37.0 Å². The molecular weight excluding hydrogens is 646 g/mol. The van der Waals surface area contributed by atoms with Crippen molar-refractivity contribution >= 4 is 69.1 Å². The largest absolute Gasteiger partial charge is 0.399 e. The Balaban J connectivity index is 0.000000442. The first-order valence-corrected chi connectivity index (χ1v) is 12.5. The lowest BCUT2D eigenvalue weighted by Gasteiger charge is -2.18. The maximum absolute atomic E-state index is 13.4. The Morgan fingerprint density at radius 2 is 1.74 bits per heavy atom. The van der Waals surface area contributed by atoms with Crippen molar-refractivity contribution in [2.24, 2.45) is 0 Å². The first-order chi connectivity index (χ1) is 17.7. The monoisotopic (exact) mass is 666 g/mol. The van der Waals surface area contributed by atoms with Crippen molar-refractivity contribution in [2.45, 2.75) is 31.5 Å². The molecule has 0 radical (unpaired) electrons. The van der Waals surface area contributed by atoms with E-state index in [1.807, 2.05) is 18.3 Å². The first kappa shape index (κ1) is 34.1. The maximum Gasteiger partial charge on any atom is 0.399 e. The lowest BCUT2D eigenvalue weighted by molar-refractivity contribution is -0.139. The summed E-state index contributed by atoms with van der Waals surface area (Å²) in [6.45, 7) is 1.10. The SMILES string of the molecule is COCC(NC=O)C(=O)NCC(F)F.Cc1ccc(/C=C/C(c2cc(Cl)c(Cl)c(Cl)c2)C(F)(F)F)cc1Br. The number of halogens is 9. The molecule has 14 heteroatoms. The highest BCUT2D eigenvalue weighted by Crippen LogP contribution is 2.41. The molecule has 0 aliphatic rings. The van der Waals surface area contributed by atoms with Gasteiger partial charge in [-0.3, -0.25) is 9.59 Å². The van der Waals surface area contributed by atoms with Crippen LogP contribution in [0, 0.1) is 6.92 Å². The Morgan fingerprint density at radius 1 is 1.13 bits per heavy atom. The van der Waals surface area contributed by atoms with Crippen molar-refractivity contribution in [3.8, 4) is 0 Å². The summed E-state index contributed by atoms with van der Waals surface area (Å²) >= 11 is 20.9. The van der Waals surface area contributed by atoms with Crippen LogP contribution < -0.4 is 10.6 Å². The zero-order valence-corrected chi connectivity index (χ0v) is 23.7. The molecule has 2 amide bonds. The number of carbonyl (C=O) groups is 2. The first-order valence-electron chi connectivity index (χ1n) is 10.6. The molecule has 0 saturated carbocycles. The second-order valence-corrected chi connectivity index (χ2v) is 9.66. The predicted octanol–water partition coefficient (Wildman–Crippen LogP) is 7.21. The van der Waals surface area contributed by atoms with Crippen LogP contribution in [0.15, 0.2) is 40.9 Å². The van der Waals surface area contributed by atoms with Crippen molar-refractivity contribution in [2.75, 3.05) is 20.3 Å². The van der Waals surface area contributed by atoms with E-state index in [-0.39, 0.29) is 27.2 Å². The lowest BCUT2D eigenvalue weighted by Crippen LogP contribution is -2.47. The number of methoxy groups -OCH3 is 1. The van der Waals surface area contributed by atoms with E-state index in [1.54, 1.807) is 12.1 Å². The highest BCUT2D eigenvalue weighted by atomic mass is 79.9. The fourth-order valence-electron chi connectivity index (χ4n) is 2.83. The molecule has 0 saturated heterocycles. The van der Waals surface area contributed by atoms with Crippen LogP contribution in [0.5, 0.6) is 0 Å². The molecule has 38 heavy (non-hydrogen) atoms. The van der Waals surface area contributed by atoms with Crippen molar-refractivity contribution < 1.29 is 36.3 Å². The van der Waals surface area contributed by atoms with Crippen LogP contribution in [-0.2, 0) is 14.3 Å². The van der Waals surface area contributed by atoms with E-state index in [2.05, 4.69) is 26.0 Å². The van der Waals surface area contributed by atoms with Gasteiger partial charge in [0.1, 0.15) is 6.04 Å². The van der Waals surface area contributed by atoms with Crippen LogP contribution in [0.1, 0.15) is 22.6 Å². The van der Waals surface area contributed by atoms with Crippen LogP contribution in [0.25, 0.3) is 6.08 Å². The van der Waals surface area contributed by atoms with Gasteiger partial charge in [-0.1, -0.05) is 75.0 Å². The molecule has 2 atom stereocenters. The molecular formula is C24H23BrCl3F5N2O3. The van der Waals surface area contributed by atoms with Gasteiger partial charge in [0.15, 0.2) is 0 Å². The van der Waals surface area contributed by atoms with E-state index >= 15 is 0 Å². The number of ether oxygens (including phenoxy) is 1. The fraction of sp³-hybridized carbons (Fsp3) is 0.333. The van der Waals surface area contributed by atoms with Gasteiger partial charge in [0.2, 0.25) is 12.3 Å². The molecule has 2 N–H and O–H groups in total. The third kappa shape index (κ3) is 11.4. The predicted molar refractivity (Wildman–Crippen MR) is 142 cm³/mol. The number of carbonyl (C=O) groups excluding carboxylic acids is 2. The Bertz CT molecular complexity index is 1100. The van der Waals surface area contributed by atoms with Crippen molar-refractivity contribution in [3.05, 3.63) is 72.6 Å². The van der Waals surface area contributed by atoms with Gasteiger partial charge in [-0.25, -0.2) is 8.78 Å². The maximum atomic E-state index is 13.4. The van der Waals surface area contributed by atoms with E-state index in [1.165, 1.54) is 25.3 Å². The summed E-state index contributed by atoms with van der Waals surface area (Å²) in [7, 11) is 1.33. The minimum Gasteiger partial charge on any atom is -0.382 e. The standard InChI is InChI=1S/C17H11BrCl3F3.C7H12F2N2O3/c1-9-2-3-10(6-13(9)18)4-5-12(17(22,23)24)11-7-14(19)16(21)15(20)8-11;1-14-3-5(11-4-12)7(13)10-2-6(8)9/h2-8,12H,1H3;4-6H,2-3H2,1H3,(H,10,13)(H,11,12)/b5-4+;. The molecule has 2 aromatic rings. The number of hydrogen-bond donors (Lipinski definition) is 2. The van der Waals surface area contributed by atoms with Crippen LogP contribution in [0.3, 0.4) is 0 Å². The molecule has 0 aromatic heterocycles. The number of alkyl halides is 5. The minimum absolute atomic E-state index is 0.0140. The molecule has 0 bridgehead atoms. The second kappa shape index (κ2) is 16.2. The Morgan fingerprint density at radius 3 is 2.21 bits per heavy atom. The van der Waals surface area contributed by atoms with Gasteiger partial charge in [0.05, 0.1) is 34.1 Å². The Kier molecular flexibility index (Phi) is 14.6. The van der Waals surface area contributed by atoms with Crippen LogP contribution in [-0.4, -0.2) is 51.2 Å². The zero-order chi connectivity index (χ0) is 29.0. The van der Waals surface area contributed by atoms with E-state index in [4.69, 9.17) is 34.8 Å². The quantitative estimate of drug-likeness (QED) is 0.160. The molecule has 0 fully saturated rings. The number of rotatable bonds is 10. The lowest BCUT2D eigenvalue weighted by atomic mass is 9.97. The summed E-state index contributed by atoms with van der Waals surface area (Å²) < 4.78 is 69.1. The molecule has 5 nitrogen and oxygen atoms in total. The Hall–Kier alpha value is -1.92. The summed E-state index contributed by atoms with van der Waals surface area (Å²) in [6, 6.07) is 6.75. The highest BCUT2D eigenvalue weighted by molar-refractivity contribution is 9.10. The third-order valence-corrected chi connectivity index (χ3v) is 6.80. The van der Waals surface area contributed by atoms with Crippen LogP contribution >= 0.6 is 50.7 Å². The number of aryl methyl sites for hydroxylation is 1. The van der Waals surface area contributed by atoms with Gasteiger partial charge in [-0.2, -0.15) is 13.2 Å². The highest BCUT2D eigenvalue weighted by Gasteiger charge is 2.39. The van der Waals surface area contributed by atoms with E-state index in [9.17, 15) is 31.5 Å². The van der Waals surface area contributed by atoms with Gasteiger partial charge in [0, 0.05) is 11.6 Å². The van der Waals surface area contributed by atoms with E-state index in [0.29, 0.717) is 12.0 Å². The number of allylic oxidation sites excluding steroid dienone is 1. The summed E-state index contributed by atoms with van der Waals surface area (Å²) in [4.78, 5) is 21.1. The average Bonchev–Trinajstić information content (AvgIpc) is 2.82. The number of hydrogen-bond acceptors (Lipinski definition) is 3. The Labute approximate surface area is 239 Å². The van der Waals surface area contributed by atoms with Crippen molar-refractivity contribution in [3.63, 3.8) is 0 Å². The van der Waals surface area contributed by atoms with Gasteiger partial charge in [-0.05, 0) is 41.8 Å². The average molecular weight is 669 g/mol. The smallest absolute Gasteiger partial charge is 0.382 e. The van der Waals surface area contributed by atoms with Gasteiger partial charge in [-0.15, -0.1) is 0 Å².